The topological polar surface area (TPSA) is 55.4 Å². The third kappa shape index (κ3) is 6.10. The molecule has 2 atom stereocenters. The van der Waals surface area contributed by atoms with Gasteiger partial charge in [-0.2, -0.15) is 0 Å². The van der Waals surface area contributed by atoms with E-state index < -0.39 is 10.8 Å². The van der Waals surface area contributed by atoms with Crippen molar-refractivity contribution in [3.05, 3.63) is 0 Å². The molecule has 84 valence electrons. The van der Waals surface area contributed by atoms with Crippen molar-refractivity contribution in [3.63, 3.8) is 0 Å². The molecule has 0 fully saturated rings. The maximum atomic E-state index is 11.0. The van der Waals surface area contributed by atoms with Crippen LogP contribution in [0.3, 0.4) is 0 Å². The Kier molecular flexibility index (Phi) is 7.70. The molecule has 2 unspecified atom stereocenters. The molecule has 5 heteroatoms. The van der Waals surface area contributed by atoms with Gasteiger partial charge in [0.1, 0.15) is 0 Å². The number of esters is 1. The molecule has 0 aliphatic rings. The molecule has 0 saturated heterocycles. The molecular weight excluding hydrogens is 202 g/mol. The van der Waals surface area contributed by atoms with Crippen LogP contribution in [0, 0.1) is 5.92 Å². The normalized spacial score (nSPS) is 14.8. The van der Waals surface area contributed by atoms with Crippen molar-refractivity contribution in [3.8, 4) is 0 Å². The maximum Gasteiger partial charge on any atom is 0.309 e. The van der Waals surface area contributed by atoms with E-state index in [0.29, 0.717) is 24.6 Å². The Labute approximate surface area is 87.9 Å². The van der Waals surface area contributed by atoms with Gasteiger partial charge in [0.15, 0.2) is 0 Å². The predicted octanol–water partition coefficient (Wildman–Crippen LogP) is 0.154. The summed E-state index contributed by atoms with van der Waals surface area (Å²) in [5.74, 6) is 0.975. The van der Waals surface area contributed by atoms with E-state index in [1.807, 2.05) is 6.92 Å². The van der Waals surface area contributed by atoms with Crippen LogP contribution in [0.4, 0.5) is 0 Å². The van der Waals surface area contributed by atoms with Gasteiger partial charge in [-0.1, -0.05) is 13.8 Å². The molecule has 14 heavy (non-hydrogen) atoms. The molecule has 0 saturated carbocycles. The number of nitrogens with one attached hydrogen (secondary N) is 1. The van der Waals surface area contributed by atoms with E-state index in [1.165, 1.54) is 7.11 Å². The van der Waals surface area contributed by atoms with Gasteiger partial charge in [-0.15, -0.1) is 0 Å². The van der Waals surface area contributed by atoms with Crippen molar-refractivity contribution in [2.24, 2.45) is 5.92 Å². The number of rotatable bonds is 7. The standard InChI is InChI=1S/C9H19NO3S/c1-4-14(12)6-5-10-7-8(2)9(11)13-3/h8,10H,4-7H2,1-3H3. The van der Waals surface area contributed by atoms with Crippen LogP contribution in [0.15, 0.2) is 0 Å². The second kappa shape index (κ2) is 7.94. The lowest BCUT2D eigenvalue weighted by Crippen LogP contribution is -2.30. The molecule has 0 aliphatic carbocycles. The van der Waals surface area contributed by atoms with Gasteiger partial charge in [0.25, 0.3) is 0 Å². The van der Waals surface area contributed by atoms with E-state index in [9.17, 15) is 9.00 Å². The summed E-state index contributed by atoms with van der Waals surface area (Å²) in [5, 5.41) is 3.07. The zero-order valence-corrected chi connectivity index (χ0v) is 9.86. The lowest BCUT2D eigenvalue weighted by atomic mass is 10.2. The van der Waals surface area contributed by atoms with E-state index in [-0.39, 0.29) is 11.9 Å². The average molecular weight is 221 g/mol. The zero-order chi connectivity index (χ0) is 11.0. The van der Waals surface area contributed by atoms with Crippen LogP contribution in [-0.4, -0.2) is 41.9 Å². The van der Waals surface area contributed by atoms with Crippen LogP contribution in [0.2, 0.25) is 0 Å². The third-order valence-corrected chi connectivity index (χ3v) is 3.19. The number of hydrogen-bond donors (Lipinski definition) is 1. The third-order valence-electron chi connectivity index (χ3n) is 1.88. The van der Waals surface area contributed by atoms with Gasteiger partial charge in [0, 0.05) is 35.4 Å². The lowest BCUT2D eigenvalue weighted by Gasteiger charge is -2.09. The van der Waals surface area contributed by atoms with Crippen LogP contribution in [0.25, 0.3) is 0 Å². The molecule has 0 radical (unpaired) electrons. The number of ether oxygens (including phenoxy) is 1. The Morgan fingerprint density at radius 2 is 2.21 bits per heavy atom. The first-order chi connectivity index (χ1) is 6.61. The molecule has 0 amide bonds. The van der Waals surface area contributed by atoms with Crippen LogP contribution < -0.4 is 5.32 Å². The van der Waals surface area contributed by atoms with E-state index in [2.05, 4.69) is 10.1 Å². The molecule has 0 spiro atoms. The summed E-state index contributed by atoms with van der Waals surface area (Å²) in [7, 11) is 0.647. The Bertz CT molecular complexity index is 196. The molecule has 4 nitrogen and oxygen atoms in total. The minimum atomic E-state index is -0.733. The fourth-order valence-electron chi connectivity index (χ4n) is 0.933. The Morgan fingerprint density at radius 1 is 1.57 bits per heavy atom. The minimum Gasteiger partial charge on any atom is -0.469 e. The average Bonchev–Trinajstić information content (AvgIpc) is 2.22. The fraction of sp³-hybridized carbons (Fsp3) is 0.889. The summed E-state index contributed by atoms with van der Waals surface area (Å²) in [6.07, 6.45) is 0. The van der Waals surface area contributed by atoms with Gasteiger partial charge in [-0.05, 0) is 0 Å². The van der Waals surface area contributed by atoms with Gasteiger partial charge in [0.2, 0.25) is 0 Å². The molecule has 0 bridgehead atoms. The second-order valence-corrected chi connectivity index (χ2v) is 4.93. The van der Waals surface area contributed by atoms with Crippen LogP contribution in [-0.2, 0) is 20.3 Å². The minimum absolute atomic E-state index is 0.143. The van der Waals surface area contributed by atoms with E-state index >= 15 is 0 Å². The fourth-order valence-corrected chi connectivity index (χ4v) is 1.59. The molecule has 0 heterocycles. The van der Waals surface area contributed by atoms with E-state index in [4.69, 9.17) is 0 Å². The van der Waals surface area contributed by atoms with Crippen molar-refractivity contribution in [1.82, 2.24) is 5.32 Å². The summed E-state index contributed by atoms with van der Waals surface area (Å²) in [5.41, 5.74) is 0. The van der Waals surface area contributed by atoms with Crippen LogP contribution in [0.5, 0.6) is 0 Å². The number of carbonyl (C=O) groups excluding carboxylic acids is 1. The number of carbonyl (C=O) groups is 1. The SMILES string of the molecule is CCS(=O)CCNCC(C)C(=O)OC. The molecule has 0 rings (SSSR count). The highest BCUT2D eigenvalue weighted by Gasteiger charge is 2.11. The summed E-state index contributed by atoms with van der Waals surface area (Å²) >= 11 is 0. The largest absolute Gasteiger partial charge is 0.469 e. The Morgan fingerprint density at radius 3 is 2.71 bits per heavy atom. The summed E-state index contributed by atoms with van der Waals surface area (Å²) < 4.78 is 15.6. The highest BCUT2D eigenvalue weighted by Crippen LogP contribution is 1.94. The number of methoxy groups -OCH3 is 1. The van der Waals surface area contributed by atoms with Gasteiger partial charge < -0.3 is 10.1 Å². The predicted molar refractivity (Wildman–Crippen MR) is 57.6 cm³/mol. The zero-order valence-electron chi connectivity index (χ0n) is 9.04. The molecule has 0 aromatic carbocycles. The van der Waals surface area contributed by atoms with Crippen molar-refractivity contribution in [1.29, 1.82) is 0 Å². The molecular formula is C9H19NO3S. The highest BCUT2D eigenvalue weighted by atomic mass is 32.2. The summed E-state index contributed by atoms with van der Waals surface area (Å²) in [6, 6.07) is 0. The molecule has 0 aromatic heterocycles. The Hall–Kier alpha value is -0.420. The first-order valence-electron chi connectivity index (χ1n) is 4.75. The first-order valence-corrected chi connectivity index (χ1v) is 6.24. The quantitative estimate of drug-likeness (QED) is 0.491. The van der Waals surface area contributed by atoms with Gasteiger partial charge in [-0.25, -0.2) is 0 Å². The van der Waals surface area contributed by atoms with E-state index in [1.54, 1.807) is 6.92 Å². The van der Waals surface area contributed by atoms with Crippen molar-refractivity contribution in [2.75, 3.05) is 31.7 Å². The molecule has 0 aliphatic heterocycles. The summed E-state index contributed by atoms with van der Waals surface area (Å²) in [6.45, 7) is 4.96. The smallest absolute Gasteiger partial charge is 0.309 e. The number of hydrogen-bond acceptors (Lipinski definition) is 4. The lowest BCUT2D eigenvalue weighted by molar-refractivity contribution is -0.144. The summed E-state index contributed by atoms with van der Waals surface area (Å²) in [4.78, 5) is 11.0. The first kappa shape index (κ1) is 13.6. The highest BCUT2D eigenvalue weighted by molar-refractivity contribution is 7.84. The van der Waals surface area contributed by atoms with E-state index in [0.717, 1.165) is 0 Å². The van der Waals surface area contributed by atoms with Gasteiger partial charge >= 0.3 is 5.97 Å². The van der Waals surface area contributed by atoms with Gasteiger partial charge in [-0.3, -0.25) is 9.00 Å². The second-order valence-electron chi connectivity index (χ2n) is 3.06. The Balaban J connectivity index is 3.45. The van der Waals surface area contributed by atoms with Gasteiger partial charge in [0.05, 0.1) is 13.0 Å². The van der Waals surface area contributed by atoms with Crippen LogP contribution in [0.1, 0.15) is 13.8 Å². The van der Waals surface area contributed by atoms with Crippen molar-refractivity contribution < 1.29 is 13.7 Å². The van der Waals surface area contributed by atoms with Crippen LogP contribution >= 0.6 is 0 Å². The van der Waals surface area contributed by atoms with Crippen molar-refractivity contribution in [2.45, 2.75) is 13.8 Å². The monoisotopic (exact) mass is 221 g/mol. The molecule has 1 N–H and O–H groups in total. The maximum absolute atomic E-state index is 11.0. The van der Waals surface area contributed by atoms with Crippen molar-refractivity contribution >= 4 is 16.8 Å². The molecule has 0 aromatic rings.